The van der Waals surface area contributed by atoms with E-state index in [1.54, 1.807) is 0 Å². The number of ether oxygens (including phenoxy) is 2. The number of hydrogen-bond donors (Lipinski definition) is 0. The summed E-state index contributed by atoms with van der Waals surface area (Å²) < 4.78 is 10.8. The van der Waals surface area contributed by atoms with E-state index in [1.807, 2.05) is 0 Å². The van der Waals surface area contributed by atoms with Gasteiger partial charge in [-0.25, -0.2) is 0 Å². The molecule has 1 saturated heterocycles. The van der Waals surface area contributed by atoms with Crippen LogP contribution in [0, 0.1) is 5.41 Å². The lowest BCUT2D eigenvalue weighted by Gasteiger charge is -2.34. The van der Waals surface area contributed by atoms with Gasteiger partial charge in [-0.15, -0.1) is 0 Å². The molecule has 1 rings (SSSR count). The fourth-order valence-corrected chi connectivity index (χ4v) is 0.963. The first-order chi connectivity index (χ1) is 4.64. The fourth-order valence-electron chi connectivity index (χ4n) is 0.963. The Morgan fingerprint density at radius 2 is 1.80 bits per heavy atom. The van der Waals surface area contributed by atoms with Crippen molar-refractivity contribution in [3.05, 3.63) is 0 Å². The second kappa shape index (κ2) is 2.89. The lowest BCUT2D eigenvalue weighted by molar-refractivity contribution is -0.221. The Morgan fingerprint density at radius 3 is 2.20 bits per heavy atom. The maximum atomic E-state index is 5.42. The summed E-state index contributed by atoms with van der Waals surface area (Å²) in [6.45, 7) is 8.03. The Balaban J connectivity index is 2.31. The Bertz CT molecular complexity index is 99.8. The van der Waals surface area contributed by atoms with Gasteiger partial charge in [0.25, 0.3) is 0 Å². The van der Waals surface area contributed by atoms with Gasteiger partial charge in [0, 0.05) is 5.41 Å². The van der Waals surface area contributed by atoms with Crippen molar-refractivity contribution in [2.24, 2.45) is 5.41 Å². The van der Waals surface area contributed by atoms with E-state index in [4.69, 9.17) is 9.47 Å². The third kappa shape index (κ3) is 1.96. The fraction of sp³-hybridized carbons (Fsp3) is 1.00. The molecule has 0 unspecified atom stereocenters. The normalized spacial score (nSPS) is 26.7. The quantitative estimate of drug-likeness (QED) is 0.558. The van der Waals surface area contributed by atoms with Crippen LogP contribution >= 0.6 is 0 Å². The Kier molecular flexibility index (Phi) is 2.32. The molecule has 0 radical (unpaired) electrons. The van der Waals surface area contributed by atoms with Gasteiger partial charge in [-0.05, 0) is 6.42 Å². The molecule has 0 bridgehead atoms. The third-order valence-corrected chi connectivity index (χ3v) is 1.65. The molecular weight excluding hydrogens is 128 g/mol. The summed E-state index contributed by atoms with van der Waals surface area (Å²) in [5.74, 6) is 0. The minimum absolute atomic E-state index is 0.0491. The molecule has 60 valence electrons. The maximum absolute atomic E-state index is 5.42. The number of rotatable bonds is 1. The zero-order valence-corrected chi connectivity index (χ0v) is 7.02. The van der Waals surface area contributed by atoms with Crippen LogP contribution in [0.5, 0.6) is 0 Å². The highest BCUT2D eigenvalue weighted by molar-refractivity contribution is 4.70. The van der Waals surface area contributed by atoms with Crippen molar-refractivity contribution in [1.29, 1.82) is 0 Å². The first-order valence-electron chi connectivity index (χ1n) is 3.87. The predicted octanol–water partition coefficient (Wildman–Crippen LogP) is 1.80. The van der Waals surface area contributed by atoms with Crippen LogP contribution in [0.15, 0.2) is 0 Å². The molecule has 1 heterocycles. The first kappa shape index (κ1) is 8.02. The maximum Gasteiger partial charge on any atom is 0.157 e. The van der Waals surface area contributed by atoms with E-state index >= 15 is 0 Å². The molecule has 0 amide bonds. The van der Waals surface area contributed by atoms with Crippen LogP contribution < -0.4 is 0 Å². The van der Waals surface area contributed by atoms with Crippen molar-refractivity contribution in [3.8, 4) is 0 Å². The summed E-state index contributed by atoms with van der Waals surface area (Å²) in [7, 11) is 0. The largest absolute Gasteiger partial charge is 0.352 e. The zero-order valence-electron chi connectivity index (χ0n) is 7.02. The van der Waals surface area contributed by atoms with Crippen molar-refractivity contribution in [2.75, 3.05) is 13.2 Å². The minimum atomic E-state index is 0.0491. The SMILES string of the molecule is CCC1OCC(C)(C)CO1. The lowest BCUT2D eigenvalue weighted by Crippen LogP contribution is -2.37. The molecule has 2 nitrogen and oxygen atoms in total. The summed E-state index contributed by atoms with van der Waals surface area (Å²) in [5, 5.41) is 0. The van der Waals surface area contributed by atoms with E-state index in [0.717, 1.165) is 19.6 Å². The average molecular weight is 144 g/mol. The van der Waals surface area contributed by atoms with Crippen molar-refractivity contribution in [3.63, 3.8) is 0 Å². The Labute approximate surface area is 62.5 Å². The molecule has 0 N–H and O–H groups in total. The minimum Gasteiger partial charge on any atom is -0.352 e. The highest BCUT2D eigenvalue weighted by Crippen LogP contribution is 2.23. The molecule has 1 aliphatic heterocycles. The average Bonchev–Trinajstić information content (AvgIpc) is 1.88. The highest BCUT2D eigenvalue weighted by Gasteiger charge is 2.26. The first-order valence-corrected chi connectivity index (χ1v) is 3.87. The molecular formula is C8H16O2. The van der Waals surface area contributed by atoms with Crippen molar-refractivity contribution >= 4 is 0 Å². The monoisotopic (exact) mass is 144 g/mol. The predicted molar refractivity (Wildman–Crippen MR) is 39.8 cm³/mol. The molecule has 0 aromatic carbocycles. The van der Waals surface area contributed by atoms with E-state index in [9.17, 15) is 0 Å². The second-order valence-electron chi connectivity index (χ2n) is 3.62. The van der Waals surface area contributed by atoms with Crippen LogP contribution in [-0.2, 0) is 9.47 Å². The summed E-state index contributed by atoms with van der Waals surface area (Å²) in [4.78, 5) is 0. The van der Waals surface area contributed by atoms with Gasteiger partial charge in [0.05, 0.1) is 13.2 Å². The van der Waals surface area contributed by atoms with Gasteiger partial charge in [-0.3, -0.25) is 0 Å². The molecule has 0 atom stereocenters. The Hall–Kier alpha value is -0.0800. The van der Waals surface area contributed by atoms with Crippen molar-refractivity contribution in [2.45, 2.75) is 33.5 Å². The van der Waals surface area contributed by atoms with Crippen LogP contribution in [0.2, 0.25) is 0 Å². The molecule has 10 heavy (non-hydrogen) atoms. The molecule has 0 aromatic heterocycles. The van der Waals surface area contributed by atoms with Gasteiger partial charge in [-0.2, -0.15) is 0 Å². The summed E-state index contributed by atoms with van der Waals surface area (Å²) in [6, 6.07) is 0. The molecule has 0 aromatic rings. The molecule has 1 aliphatic rings. The van der Waals surface area contributed by atoms with E-state index in [1.165, 1.54) is 0 Å². The van der Waals surface area contributed by atoms with E-state index in [-0.39, 0.29) is 11.7 Å². The van der Waals surface area contributed by atoms with Crippen LogP contribution in [0.25, 0.3) is 0 Å². The van der Waals surface area contributed by atoms with Crippen LogP contribution in [0.1, 0.15) is 27.2 Å². The molecule has 1 fully saturated rings. The topological polar surface area (TPSA) is 18.5 Å². The molecule has 2 heteroatoms. The highest BCUT2D eigenvalue weighted by atomic mass is 16.7. The zero-order chi connectivity index (χ0) is 7.61. The smallest absolute Gasteiger partial charge is 0.157 e. The van der Waals surface area contributed by atoms with Gasteiger partial charge in [0.2, 0.25) is 0 Å². The van der Waals surface area contributed by atoms with E-state index in [2.05, 4.69) is 20.8 Å². The van der Waals surface area contributed by atoms with Gasteiger partial charge in [-0.1, -0.05) is 20.8 Å². The van der Waals surface area contributed by atoms with Gasteiger partial charge in [0.1, 0.15) is 0 Å². The molecule has 0 aliphatic carbocycles. The van der Waals surface area contributed by atoms with E-state index in [0.29, 0.717) is 0 Å². The summed E-state index contributed by atoms with van der Waals surface area (Å²) in [6.07, 6.45) is 1.00. The molecule has 0 spiro atoms. The van der Waals surface area contributed by atoms with Gasteiger partial charge in [0.15, 0.2) is 6.29 Å². The van der Waals surface area contributed by atoms with Crippen LogP contribution in [-0.4, -0.2) is 19.5 Å². The second-order valence-corrected chi connectivity index (χ2v) is 3.62. The van der Waals surface area contributed by atoms with Gasteiger partial charge >= 0.3 is 0 Å². The Morgan fingerprint density at radius 1 is 1.30 bits per heavy atom. The van der Waals surface area contributed by atoms with Crippen LogP contribution in [0.4, 0.5) is 0 Å². The summed E-state index contributed by atoms with van der Waals surface area (Å²) >= 11 is 0. The van der Waals surface area contributed by atoms with Crippen LogP contribution in [0.3, 0.4) is 0 Å². The lowest BCUT2D eigenvalue weighted by atomic mass is 9.95. The number of hydrogen-bond acceptors (Lipinski definition) is 2. The standard InChI is InChI=1S/C8H16O2/c1-4-7-9-5-8(2,3)6-10-7/h7H,4-6H2,1-3H3. The molecule has 0 saturated carbocycles. The van der Waals surface area contributed by atoms with Gasteiger partial charge < -0.3 is 9.47 Å². The van der Waals surface area contributed by atoms with Crippen molar-refractivity contribution < 1.29 is 9.47 Å². The third-order valence-electron chi connectivity index (χ3n) is 1.65. The summed E-state index contributed by atoms with van der Waals surface area (Å²) in [5.41, 5.74) is 0.214. The van der Waals surface area contributed by atoms with E-state index < -0.39 is 0 Å². The van der Waals surface area contributed by atoms with Crippen molar-refractivity contribution in [1.82, 2.24) is 0 Å².